The second-order valence-corrected chi connectivity index (χ2v) is 30.5. The molecular formula is C81H80Cl2N14O4S2. The number of pyridine rings is 2. The number of nitrogens with two attached hydrogens (primary N) is 2. The maximum Gasteiger partial charge on any atom is 0.347 e. The zero-order valence-corrected chi connectivity index (χ0v) is 62.0. The Kier molecular flexibility index (Phi) is 20.8. The highest BCUT2D eigenvalue weighted by Gasteiger charge is 2.36. The lowest BCUT2D eigenvalue weighted by atomic mass is 9.72. The number of esters is 1. The number of thiazole rings is 1. The number of ketones is 1. The molecule has 0 spiro atoms. The lowest BCUT2D eigenvalue weighted by Crippen LogP contribution is -2.43. The summed E-state index contributed by atoms with van der Waals surface area (Å²) in [6.07, 6.45) is 9.09. The van der Waals surface area contributed by atoms with E-state index in [1.54, 1.807) is 28.9 Å². The van der Waals surface area contributed by atoms with E-state index in [4.69, 9.17) is 54.4 Å². The van der Waals surface area contributed by atoms with E-state index in [-0.39, 0.29) is 35.3 Å². The topological polar surface area (TPSA) is 259 Å². The summed E-state index contributed by atoms with van der Waals surface area (Å²) in [6, 6.07) is 51.3. The molecule has 8 aromatic heterocycles. The molecular weight excluding hydrogens is 1370 g/mol. The van der Waals surface area contributed by atoms with Crippen molar-refractivity contribution < 1.29 is 14.3 Å². The summed E-state index contributed by atoms with van der Waals surface area (Å²) in [5, 5.41) is 23.0. The Morgan fingerprint density at radius 1 is 0.786 bits per heavy atom. The van der Waals surface area contributed by atoms with Crippen LogP contribution in [0.25, 0.3) is 77.1 Å². The van der Waals surface area contributed by atoms with Crippen LogP contribution in [0.2, 0.25) is 10.0 Å². The van der Waals surface area contributed by atoms with Gasteiger partial charge in [-0.25, -0.2) is 29.2 Å². The molecule has 524 valence electrons. The second-order valence-electron chi connectivity index (χ2n) is 27.4. The predicted molar refractivity (Wildman–Crippen MR) is 416 cm³/mol. The fourth-order valence-electron chi connectivity index (χ4n) is 13.0. The molecule has 16 rings (SSSR count). The molecule has 6 aromatic carbocycles. The number of rotatable bonds is 14. The number of carbonyl (C=O) groups excluding carboxylic acids is 2. The number of carbonyl (C=O) groups is 2. The number of aliphatic imine (C=N–C) groups is 1. The van der Waals surface area contributed by atoms with Crippen molar-refractivity contribution in [1.29, 1.82) is 0 Å². The zero-order valence-electron chi connectivity index (χ0n) is 58.8. The smallest absolute Gasteiger partial charge is 0.347 e. The highest BCUT2D eigenvalue weighted by atomic mass is 35.5. The van der Waals surface area contributed by atoms with Crippen LogP contribution in [0, 0.1) is 33.6 Å². The van der Waals surface area contributed by atoms with E-state index in [0.29, 0.717) is 22.9 Å². The number of fused-ring (bicyclic) bond motifs is 8. The average molecular weight is 1450 g/mol. The molecule has 3 atom stereocenters. The molecule has 18 nitrogen and oxygen atoms in total. The van der Waals surface area contributed by atoms with Crippen LogP contribution in [-0.4, -0.2) is 83.4 Å². The molecule has 1 fully saturated rings. The number of aryl methyl sites for hydroxylation is 3. The summed E-state index contributed by atoms with van der Waals surface area (Å²) in [7, 11) is 0. The van der Waals surface area contributed by atoms with Gasteiger partial charge in [-0.05, 0) is 150 Å². The Hall–Kier alpha value is -10.1. The first kappa shape index (κ1) is 71.3. The maximum atomic E-state index is 12.7. The van der Waals surface area contributed by atoms with E-state index in [1.165, 1.54) is 32.2 Å². The quantitative estimate of drug-likeness (QED) is 0.0637. The molecule has 0 radical (unpaired) electrons. The lowest BCUT2D eigenvalue weighted by molar-refractivity contribution is -0.155. The highest BCUT2D eigenvalue weighted by Crippen LogP contribution is 2.43. The van der Waals surface area contributed by atoms with Crippen LogP contribution in [0.15, 0.2) is 185 Å². The first-order valence-corrected chi connectivity index (χ1v) is 36.9. The third kappa shape index (κ3) is 15.5. The van der Waals surface area contributed by atoms with Crippen LogP contribution < -0.4 is 17.2 Å². The first-order chi connectivity index (χ1) is 49.5. The number of hydrogen-bond acceptors (Lipinski definition) is 15. The molecule has 9 heterocycles. The summed E-state index contributed by atoms with van der Waals surface area (Å²) >= 11 is 15.5. The van der Waals surface area contributed by atoms with Gasteiger partial charge in [0.2, 0.25) is 0 Å². The summed E-state index contributed by atoms with van der Waals surface area (Å²) < 4.78 is 9.12. The summed E-state index contributed by atoms with van der Waals surface area (Å²) in [5.41, 5.74) is 29.2. The van der Waals surface area contributed by atoms with Crippen LogP contribution in [0.1, 0.15) is 134 Å². The number of nitrogens with zero attached hydrogens (tertiary/aromatic N) is 9. The third-order valence-electron chi connectivity index (χ3n) is 19.0. The molecule has 0 unspecified atom stereocenters. The van der Waals surface area contributed by atoms with Crippen molar-refractivity contribution in [2.75, 3.05) is 0 Å². The molecule has 22 heteroatoms. The number of aromatic nitrogens is 11. The van der Waals surface area contributed by atoms with Crippen molar-refractivity contribution in [3.63, 3.8) is 0 Å². The van der Waals surface area contributed by atoms with Crippen molar-refractivity contribution in [2.45, 2.75) is 130 Å². The molecule has 1 aliphatic carbocycles. The van der Waals surface area contributed by atoms with E-state index in [9.17, 15) is 14.4 Å². The number of H-pyrrole nitrogens is 3. The van der Waals surface area contributed by atoms with E-state index in [2.05, 4.69) is 111 Å². The number of Topliss-reactive ketones (excluding diaryl/α,β-unsaturated/α-hetero) is 1. The number of halogens is 2. The molecule has 1 saturated carbocycles. The fraction of sp³-hybridized carbons (Fsp3) is 0.259. The molecule has 1 aliphatic heterocycles. The number of para-hydroxylation sites is 1. The van der Waals surface area contributed by atoms with Gasteiger partial charge in [-0.3, -0.25) is 19.1 Å². The molecule has 0 amide bonds. The minimum absolute atomic E-state index is 0.0828. The largest absolute Gasteiger partial charge is 0.460 e. The maximum absolute atomic E-state index is 12.7. The Bertz CT molecular complexity index is 5520. The highest BCUT2D eigenvalue weighted by molar-refractivity contribution is 7.15. The van der Waals surface area contributed by atoms with Crippen molar-refractivity contribution >= 4 is 102 Å². The van der Waals surface area contributed by atoms with Gasteiger partial charge in [-0.15, -0.1) is 32.9 Å². The number of thiophene rings is 1. The number of nitrogens with one attached hydrogen (secondary N) is 3. The van der Waals surface area contributed by atoms with Gasteiger partial charge in [0.05, 0.1) is 51.1 Å². The monoisotopic (exact) mass is 1450 g/mol. The zero-order chi connectivity index (χ0) is 72.4. The minimum atomic E-state index is -0.569. The van der Waals surface area contributed by atoms with Crippen molar-refractivity contribution in [2.24, 2.45) is 22.4 Å². The Morgan fingerprint density at radius 2 is 1.51 bits per heavy atom. The standard InChI is InChI=1S/C25H21N5O.C23H25ClN4O2S.C23H26N4O.C10H8ClNS/c26-25(12-4-13-25)18-9-7-17(8-10-18)22-19(16-5-2-1-3-6-16)15-20-21(27-22)11-14-30-23(20)28-29-24(30)31;1-12-13(2)31-22-19(12)20(15-7-9-16(24)10-8-15)25-17(11-18(29)30-23(4,5)6)21-27-26-14(3)28(21)22;1-3-14(2)23(24)21(28)11-15-8-9-19-20(10-15)27-22(26-19)12-16-13-25-18-7-5-4-6-17(16)18;1-7-12-10(6-13-7)8-4-2-3-5-9(8)11/h1-3,5-11,14-15H,4,12-13,26H2,(H,29,31);7-10,17H,11H2,1-6H3;4-10,13-14,23,25H,3,11-12,24H2,1-2H3,(H,26,27);2-6H,1H3/t;17-;14-,23-;/m.00./s1. The lowest BCUT2D eigenvalue weighted by Gasteiger charge is -2.38. The van der Waals surface area contributed by atoms with Crippen molar-refractivity contribution in [3.05, 3.63) is 257 Å². The minimum Gasteiger partial charge on any atom is -0.460 e. The third-order valence-corrected chi connectivity index (χ3v) is 21.5. The van der Waals surface area contributed by atoms with Crippen LogP contribution >= 0.6 is 45.9 Å². The summed E-state index contributed by atoms with van der Waals surface area (Å²) in [6.45, 7) is 17.8. The van der Waals surface area contributed by atoms with Gasteiger partial charge in [-0.1, -0.05) is 153 Å². The van der Waals surface area contributed by atoms with E-state index in [1.807, 2.05) is 161 Å². The van der Waals surface area contributed by atoms with E-state index < -0.39 is 17.7 Å². The van der Waals surface area contributed by atoms with Crippen LogP contribution in [0.4, 0.5) is 0 Å². The van der Waals surface area contributed by atoms with E-state index >= 15 is 0 Å². The Labute approximate surface area is 614 Å². The second kappa shape index (κ2) is 30.1. The first-order valence-electron chi connectivity index (χ1n) is 34.4. The van der Waals surface area contributed by atoms with Gasteiger partial charge in [0.1, 0.15) is 28.3 Å². The van der Waals surface area contributed by atoms with Gasteiger partial charge >= 0.3 is 11.7 Å². The number of aromatic amines is 3. The normalized spacial score (nSPS) is 14.4. The molecule has 0 bridgehead atoms. The van der Waals surface area contributed by atoms with Crippen molar-refractivity contribution in [1.82, 2.24) is 54.3 Å². The van der Waals surface area contributed by atoms with Crippen molar-refractivity contribution in [3.8, 4) is 38.6 Å². The Balaban J connectivity index is 0.000000127. The van der Waals surface area contributed by atoms with Crippen LogP contribution in [0.3, 0.4) is 0 Å². The summed E-state index contributed by atoms with van der Waals surface area (Å²) in [4.78, 5) is 64.3. The van der Waals surface area contributed by atoms with Gasteiger partial charge in [0, 0.05) is 95.2 Å². The molecule has 14 aromatic rings. The van der Waals surface area contributed by atoms with Gasteiger partial charge in [-0.2, -0.15) is 5.10 Å². The van der Waals surface area contributed by atoms with Gasteiger partial charge < -0.3 is 26.2 Å². The van der Waals surface area contributed by atoms with Crippen LogP contribution in [-0.2, 0) is 32.7 Å². The average Bonchev–Trinajstić information content (AvgIpc) is 1.63. The summed E-state index contributed by atoms with van der Waals surface area (Å²) in [5.74, 6) is 2.30. The number of hydrogen-bond donors (Lipinski definition) is 5. The Morgan fingerprint density at radius 3 is 2.22 bits per heavy atom. The number of benzene rings is 6. The molecule has 103 heavy (non-hydrogen) atoms. The van der Waals surface area contributed by atoms with Gasteiger partial charge in [0.15, 0.2) is 17.3 Å². The van der Waals surface area contributed by atoms with Gasteiger partial charge in [0.25, 0.3) is 0 Å². The van der Waals surface area contributed by atoms with Crippen LogP contribution in [0.5, 0.6) is 0 Å². The SMILES string of the molecule is CC[C@H](C)[C@H](N)C(=O)Cc1ccc2nc(Cc3c[nH]c4ccccc34)[nH]c2c1.Cc1nc(-c2ccccc2Cl)cs1.Cc1sc2c(c1C)C(c1ccc(Cl)cc1)=N[C@@H](CC(=O)OC(C)(C)C)c1nnc(C)n1-2.NC1(c2ccc(-c3nc4ccn5c(=O)[nH]nc5c4cc3-c3ccccc3)cc2)CCC1. The number of imidazole rings is 1. The molecule has 0 saturated heterocycles. The fourth-order valence-corrected chi connectivity index (χ4v) is 15.1. The van der Waals surface area contributed by atoms with E-state index in [0.717, 1.165) is 141 Å². The predicted octanol–water partition coefficient (Wildman–Crippen LogP) is 17.7. The number of ether oxygens (including phenoxy) is 1. The molecule has 7 N–H and O–H groups in total. The molecule has 2 aliphatic rings.